The van der Waals surface area contributed by atoms with Gasteiger partial charge >= 0.3 is 0 Å². The molecule has 0 unspecified atom stereocenters. The average molecular weight is 456 g/mol. The fourth-order valence-corrected chi connectivity index (χ4v) is 3.56. The molecule has 0 aliphatic rings. The number of ether oxygens (including phenoxy) is 2. The number of fused-ring (bicyclic) bond motifs is 1. The van der Waals surface area contributed by atoms with Crippen molar-refractivity contribution in [1.29, 1.82) is 0 Å². The van der Waals surface area contributed by atoms with Crippen LogP contribution in [0.25, 0.3) is 22.4 Å². The first-order chi connectivity index (χ1) is 14.9. The first-order valence-electron chi connectivity index (χ1n) is 9.38. The molecule has 0 saturated carbocycles. The Hall–Kier alpha value is -3.22. The minimum atomic E-state index is -0.308. The number of nitrogens with zero attached hydrogens (tertiary/aromatic N) is 1. The van der Waals surface area contributed by atoms with E-state index in [0.717, 1.165) is 16.6 Å². The number of aromatic amines is 1. The summed E-state index contributed by atoms with van der Waals surface area (Å²) in [5.41, 5.74) is 4.17. The number of carbonyl (C=O) groups is 1. The second kappa shape index (κ2) is 8.49. The van der Waals surface area contributed by atoms with Crippen molar-refractivity contribution in [1.82, 2.24) is 9.97 Å². The first kappa shape index (κ1) is 21.0. The van der Waals surface area contributed by atoms with Crippen LogP contribution < -0.4 is 14.8 Å². The number of amides is 1. The van der Waals surface area contributed by atoms with Crippen LogP contribution in [0.5, 0.6) is 11.5 Å². The summed E-state index contributed by atoms with van der Waals surface area (Å²) in [6.07, 6.45) is 0. The molecule has 1 aromatic heterocycles. The normalized spacial score (nSPS) is 10.9. The van der Waals surface area contributed by atoms with E-state index in [4.69, 9.17) is 32.7 Å². The number of aromatic nitrogens is 2. The Morgan fingerprint density at radius 2 is 1.68 bits per heavy atom. The maximum Gasteiger partial charge on any atom is 0.255 e. The fraction of sp³-hybridized carbons (Fsp3) is 0.130. The van der Waals surface area contributed by atoms with Gasteiger partial charge in [0.15, 0.2) is 0 Å². The molecule has 0 aliphatic carbocycles. The van der Waals surface area contributed by atoms with Crippen LogP contribution in [0.15, 0.2) is 48.5 Å². The van der Waals surface area contributed by atoms with Gasteiger partial charge in [-0.3, -0.25) is 4.79 Å². The van der Waals surface area contributed by atoms with E-state index in [1.54, 1.807) is 36.4 Å². The largest absolute Gasteiger partial charge is 0.497 e. The molecule has 0 aliphatic heterocycles. The summed E-state index contributed by atoms with van der Waals surface area (Å²) >= 11 is 12.6. The highest BCUT2D eigenvalue weighted by molar-refractivity contribution is 6.33. The van der Waals surface area contributed by atoms with Crippen molar-refractivity contribution in [2.45, 2.75) is 6.92 Å². The summed E-state index contributed by atoms with van der Waals surface area (Å²) in [4.78, 5) is 20.7. The number of anilines is 1. The van der Waals surface area contributed by atoms with Crippen LogP contribution in [0.2, 0.25) is 10.0 Å². The van der Waals surface area contributed by atoms with Crippen LogP contribution in [-0.4, -0.2) is 30.1 Å². The van der Waals surface area contributed by atoms with Crippen molar-refractivity contribution >= 4 is 45.8 Å². The van der Waals surface area contributed by atoms with E-state index in [1.807, 2.05) is 19.1 Å². The topological polar surface area (TPSA) is 76.2 Å². The van der Waals surface area contributed by atoms with Crippen molar-refractivity contribution in [2.24, 2.45) is 0 Å². The molecule has 0 radical (unpaired) electrons. The zero-order chi connectivity index (χ0) is 22.1. The van der Waals surface area contributed by atoms with Crippen LogP contribution in [0.3, 0.4) is 0 Å². The van der Waals surface area contributed by atoms with Gasteiger partial charge in [0, 0.05) is 27.9 Å². The zero-order valence-electron chi connectivity index (χ0n) is 17.0. The molecule has 0 saturated heterocycles. The number of methoxy groups -OCH3 is 2. The minimum Gasteiger partial charge on any atom is -0.497 e. The molecule has 31 heavy (non-hydrogen) atoms. The predicted octanol–water partition coefficient (Wildman–Crippen LogP) is 6.11. The number of imidazole rings is 1. The van der Waals surface area contributed by atoms with Gasteiger partial charge in [0.25, 0.3) is 5.91 Å². The summed E-state index contributed by atoms with van der Waals surface area (Å²) in [6.45, 7) is 1.93. The molecule has 1 amide bonds. The third kappa shape index (κ3) is 4.31. The molecule has 4 rings (SSSR count). The van der Waals surface area contributed by atoms with Crippen LogP contribution in [-0.2, 0) is 0 Å². The van der Waals surface area contributed by atoms with Crippen molar-refractivity contribution in [3.05, 3.63) is 69.7 Å². The van der Waals surface area contributed by atoms with E-state index in [-0.39, 0.29) is 5.91 Å². The van der Waals surface area contributed by atoms with Crippen molar-refractivity contribution < 1.29 is 14.3 Å². The second-order valence-electron chi connectivity index (χ2n) is 6.95. The van der Waals surface area contributed by atoms with E-state index >= 15 is 0 Å². The lowest BCUT2D eigenvalue weighted by atomic mass is 10.1. The van der Waals surface area contributed by atoms with Crippen LogP contribution in [0.1, 0.15) is 15.9 Å². The highest BCUT2D eigenvalue weighted by Crippen LogP contribution is 2.32. The van der Waals surface area contributed by atoms with Gasteiger partial charge in [0.2, 0.25) is 0 Å². The standard InChI is InChI=1S/C23H19Cl2N3O3/c1-12-6-20-21(11-19(12)25)28-22(27-20)17-9-14(4-5-18(17)24)26-23(29)13-7-15(30-2)10-16(8-13)31-3/h4-11H,1-3H3,(H,26,29)(H,27,28). The lowest BCUT2D eigenvalue weighted by molar-refractivity contribution is 0.102. The molecule has 0 atom stereocenters. The van der Waals surface area contributed by atoms with Crippen molar-refractivity contribution in [3.63, 3.8) is 0 Å². The maximum atomic E-state index is 12.8. The molecule has 6 nitrogen and oxygen atoms in total. The first-order valence-corrected chi connectivity index (χ1v) is 10.1. The van der Waals surface area contributed by atoms with Gasteiger partial charge in [-0.2, -0.15) is 0 Å². The van der Waals surface area contributed by atoms with E-state index in [2.05, 4.69) is 15.3 Å². The summed E-state index contributed by atoms with van der Waals surface area (Å²) in [7, 11) is 3.06. The molecule has 3 aromatic carbocycles. The lowest BCUT2D eigenvalue weighted by Crippen LogP contribution is -2.12. The quantitative estimate of drug-likeness (QED) is 0.380. The number of rotatable bonds is 5. The van der Waals surface area contributed by atoms with E-state index in [0.29, 0.717) is 44.2 Å². The number of hydrogen-bond acceptors (Lipinski definition) is 4. The monoisotopic (exact) mass is 455 g/mol. The summed E-state index contributed by atoms with van der Waals surface area (Å²) in [5.74, 6) is 1.33. The molecule has 158 valence electrons. The van der Waals surface area contributed by atoms with Gasteiger partial charge in [-0.15, -0.1) is 0 Å². The molecule has 0 fully saturated rings. The van der Waals surface area contributed by atoms with E-state index < -0.39 is 0 Å². The number of benzene rings is 3. The molecular formula is C23H19Cl2N3O3. The molecular weight excluding hydrogens is 437 g/mol. The lowest BCUT2D eigenvalue weighted by Gasteiger charge is -2.10. The van der Waals surface area contributed by atoms with E-state index in [9.17, 15) is 4.79 Å². The van der Waals surface area contributed by atoms with Gasteiger partial charge in [0.1, 0.15) is 17.3 Å². The number of halogens is 2. The van der Waals surface area contributed by atoms with Gasteiger partial charge in [-0.05, 0) is 55.0 Å². The van der Waals surface area contributed by atoms with Gasteiger partial charge in [-0.25, -0.2) is 4.98 Å². The molecule has 4 aromatic rings. The zero-order valence-corrected chi connectivity index (χ0v) is 18.6. The third-order valence-electron chi connectivity index (χ3n) is 4.86. The fourth-order valence-electron chi connectivity index (χ4n) is 3.19. The second-order valence-corrected chi connectivity index (χ2v) is 7.77. The smallest absolute Gasteiger partial charge is 0.255 e. The molecule has 0 bridgehead atoms. The molecule has 8 heteroatoms. The average Bonchev–Trinajstić information content (AvgIpc) is 3.17. The van der Waals surface area contributed by atoms with E-state index in [1.165, 1.54) is 14.2 Å². The number of hydrogen-bond donors (Lipinski definition) is 2. The van der Waals surface area contributed by atoms with Gasteiger partial charge < -0.3 is 19.8 Å². The summed E-state index contributed by atoms with van der Waals surface area (Å²) in [5, 5.41) is 4.03. The highest BCUT2D eigenvalue weighted by Gasteiger charge is 2.14. The molecule has 2 N–H and O–H groups in total. The van der Waals surface area contributed by atoms with Crippen molar-refractivity contribution in [3.8, 4) is 22.9 Å². The maximum absolute atomic E-state index is 12.8. The Morgan fingerprint density at radius 1 is 0.968 bits per heavy atom. The summed E-state index contributed by atoms with van der Waals surface area (Å²) in [6, 6.07) is 13.9. The third-order valence-corrected chi connectivity index (χ3v) is 5.59. The van der Waals surface area contributed by atoms with Gasteiger partial charge in [0.05, 0.1) is 30.3 Å². The highest BCUT2D eigenvalue weighted by atomic mass is 35.5. The summed E-state index contributed by atoms with van der Waals surface area (Å²) < 4.78 is 10.5. The Morgan fingerprint density at radius 3 is 2.35 bits per heavy atom. The number of aryl methyl sites for hydroxylation is 1. The van der Waals surface area contributed by atoms with Crippen LogP contribution in [0, 0.1) is 6.92 Å². The molecule has 1 heterocycles. The van der Waals surface area contributed by atoms with Crippen LogP contribution >= 0.6 is 23.2 Å². The van der Waals surface area contributed by atoms with Crippen LogP contribution in [0.4, 0.5) is 5.69 Å². The SMILES string of the molecule is COc1cc(OC)cc(C(=O)Nc2ccc(Cl)c(-c3nc4cc(Cl)c(C)cc4[nH]3)c2)c1. The number of carbonyl (C=O) groups excluding carboxylic acids is 1. The number of H-pyrrole nitrogens is 1. The minimum absolute atomic E-state index is 0.308. The number of nitrogens with one attached hydrogen (secondary N) is 2. The Bertz CT molecular complexity index is 1240. The Kier molecular flexibility index (Phi) is 5.76. The van der Waals surface area contributed by atoms with Gasteiger partial charge in [-0.1, -0.05) is 23.2 Å². The predicted molar refractivity (Wildman–Crippen MR) is 124 cm³/mol. The van der Waals surface area contributed by atoms with Crippen molar-refractivity contribution in [2.75, 3.05) is 19.5 Å². The Balaban J connectivity index is 1.66. The Labute approximate surface area is 189 Å². The molecule has 0 spiro atoms.